The highest BCUT2D eigenvalue weighted by Gasteiger charge is 2.15. The van der Waals surface area contributed by atoms with E-state index in [0.717, 1.165) is 23.7 Å². The first-order chi connectivity index (χ1) is 15.4. The topological polar surface area (TPSA) is 58.2 Å². The zero-order valence-electron chi connectivity index (χ0n) is 17.7. The summed E-state index contributed by atoms with van der Waals surface area (Å²) in [4.78, 5) is 25.8. The Bertz CT molecular complexity index is 1090. The number of carbonyl (C=O) groups is 2. The molecule has 2 N–H and O–H groups in total. The second kappa shape index (κ2) is 11.4. The normalized spacial score (nSPS) is 11.2. The zero-order valence-corrected chi connectivity index (χ0v) is 19.3. The van der Waals surface area contributed by atoms with Crippen LogP contribution in [-0.4, -0.2) is 11.8 Å². The van der Waals surface area contributed by atoms with Crippen molar-refractivity contribution < 1.29 is 14.0 Å². The summed E-state index contributed by atoms with van der Waals surface area (Å²) in [5, 5.41) is 5.47. The minimum atomic E-state index is -0.482. The summed E-state index contributed by atoms with van der Waals surface area (Å²) in [5.41, 5.74) is 2.84. The Morgan fingerprint density at radius 1 is 0.938 bits per heavy atom. The van der Waals surface area contributed by atoms with Crippen molar-refractivity contribution >= 4 is 39.5 Å². The van der Waals surface area contributed by atoms with Crippen LogP contribution in [0.15, 0.2) is 83.0 Å². The number of amides is 2. The molecule has 4 nitrogen and oxygen atoms in total. The molecule has 0 radical (unpaired) electrons. The molecule has 0 saturated heterocycles. The Kier molecular flexibility index (Phi) is 8.34. The first-order valence-electron chi connectivity index (χ1n) is 10.4. The maximum atomic E-state index is 13.3. The molecule has 0 aliphatic heterocycles. The van der Waals surface area contributed by atoms with E-state index < -0.39 is 11.8 Å². The van der Waals surface area contributed by atoms with Crippen LogP contribution in [0, 0.1) is 5.82 Å². The molecule has 3 aromatic rings. The first-order valence-corrected chi connectivity index (χ1v) is 11.2. The summed E-state index contributed by atoms with van der Waals surface area (Å²) in [6, 6.07) is 20.1. The summed E-state index contributed by atoms with van der Waals surface area (Å²) in [7, 11) is 0. The third-order valence-electron chi connectivity index (χ3n) is 4.81. The molecule has 2 amide bonds. The number of aryl methyl sites for hydroxylation is 1. The molecule has 0 spiro atoms. The maximum absolute atomic E-state index is 13.3. The zero-order chi connectivity index (χ0) is 22.9. The smallest absolute Gasteiger partial charge is 0.272 e. The van der Waals surface area contributed by atoms with E-state index in [9.17, 15) is 14.0 Å². The van der Waals surface area contributed by atoms with E-state index in [-0.39, 0.29) is 11.5 Å². The van der Waals surface area contributed by atoms with Crippen LogP contribution in [-0.2, 0) is 11.2 Å². The van der Waals surface area contributed by atoms with Gasteiger partial charge in [0.1, 0.15) is 11.5 Å². The Hall–Kier alpha value is -3.25. The average Bonchev–Trinajstić information content (AvgIpc) is 2.80. The molecule has 0 aliphatic rings. The number of carbonyl (C=O) groups excluding carboxylic acids is 2. The third-order valence-corrected chi connectivity index (χ3v) is 5.34. The number of rotatable bonds is 8. The lowest BCUT2D eigenvalue weighted by Gasteiger charge is -2.12. The predicted molar refractivity (Wildman–Crippen MR) is 130 cm³/mol. The molecule has 0 saturated carbocycles. The van der Waals surface area contributed by atoms with E-state index in [2.05, 4.69) is 33.5 Å². The molecule has 0 bridgehead atoms. The highest BCUT2D eigenvalue weighted by Crippen LogP contribution is 2.16. The van der Waals surface area contributed by atoms with Gasteiger partial charge in [-0.25, -0.2) is 4.39 Å². The van der Waals surface area contributed by atoms with Crippen LogP contribution < -0.4 is 10.6 Å². The van der Waals surface area contributed by atoms with Gasteiger partial charge >= 0.3 is 0 Å². The molecule has 0 fully saturated rings. The van der Waals surface area contributed by atoms with Gasteiger partial charge in [-0.3, -0.25) is 9.59 Å². The summed E-state index contributed by atoms with van der Waals surface area (Å²) in [6.07, 6.45) is 4.67. The fourth-order valence-electron chi connectivity index (χ4n) is 3.01. The van der Waals surface area contributed by atoms with E-state index in [1.165, 1.54) is 35.9 Å². The van der Waals surface area contributed by atoms with Crippen molar-refractivity contribution in [3.63, 3.8) is 0 Å². The summed E-state index contributed by atoms with van der Waals surface area (Å²) >= 11 is 3.36. The molecule has 0 atom stereocenters. The Morgan fingerprint density at radius 3 is 2.22 bits per heavy atom. The molecule has 0 heterocycles. The maximum Gasteiger partial charge on any atom is 0.272 e. The number of hydrogen-bond donors (Lipinski definition) is 2. The molecule has 6 heteroatoms. The fourth-order valence-corrected chi connectivity index (χ4v) is 3.28. The Morgan fingerprint density at radius 2 is 1.59 bits per heavy atom. The average molecular weight is 495 g/mol. The quantitative estimate of drug-likeness (QED) is 0.359. The summed E-state index contributed by atoms with van der Waals surface area (Å²) in [5.74, 6) is -1.26. The lowest BCUT2D eigenvalue weighted by atomic mass is 10.1. The van der Waals surface area contributed by atoms with Gasteiger partial charge < -0.3 is 10.6 Å². The highest BCUT2D eigenvalue weighted by atomic mass is 79.9. The van der Waals surface area contributed by atoms with E-state index >= 15 is 0 Å². The van der Waals surface area contributed by atoms with Gasteiger partial charge in [-0.2, -0.15) is 0 Å². The van der Waals surface area contributed by atoms with Crippen LogP contribution >= 0.6 is 15.9 Å². The van der Waals surface area contributed by atoms with Gasteiger partial charge in [0, 0.05) is 15.7 Å². The SMILES string of the molecule is CCCCc1ccc(C(=O)NC(=Cc2ccc(F)cc2)C(=O)Nc2ccc(Br)cc2)cc1. The number of unbranched alkanes of at least 4 members (excludes halogenated alkanes) is 1. The molecule has 0 aromatic heterocycles. The van der Waals surface area contributed by atoms with Crippen LogP contribution in [0.4, 0.5) is 10.1 Å². The van der Waals surface area contributed by atoms with Crippen molar-refractivity contribution in [1.29, 1.82) is 0 Å². The monoisotopic (exact) mass is 494 g/mol. The van der Waals surface area contributed by atoms with E-state index in [0.29, 0.717) is 16.8 Å². The molecule has 3 aromatic carbocycles. The molecule has 0 aliphatic carbocycles. The lowest BCUT2D eigenvalue weighted by Crippen LogP contribution is -2.30. The van der Waals surface area contributed by atoms with Crippen LogP contribution in [0.2, 0.25) is 0 Å². The van der Waals surface area contributed by atoms with Crippen molar-refractivity contribution in [1.82, 2.24) is 5.32 Å². The minimum absolute atomic E-state index is 0.0552. The molecule has 3 rings (SSSR count). The van der Waals surface area contributed by atoms with E-state index in [4.69, 9.17) is 0 Å². The van der Waals surface area contributed by atoms with E-state index in [1.807, 2.05) is 12.1 Å². The van der Waals surface area contributed by atoms with Crippen LogP contribution in [0.5, 0.6) is 0 Å². The van der Waals surface area contributed by atoms with Crippen molar-refractivity contribution in [2.45, 2.75) is 26.2 Å². The molecule has 32 heavy (non-hydrogen) atoms. The molecule has 0 unspecified atom stereocenters. The lowest BCUT2D eigenvalue weighted by molar-refractivity contribution is -0.113. The molecular weight excluding hydrogens is 471 g/mol. The second-order valence-electron chi connectivity index (χ2n) is 7.33. The van der Waals surface area contributed by atoms with E-state index in [1.54, 1.807) is 36.4 Å². The van der Waals surface area contributed by atoms with Crippen molar-refractivity contribution in [3.05, 3.63) is 105 Å². The van der Waals surface area contributed by atoms with Gasteiger partial charge in [-0.05, 0) is 78.6 Å². The number of nitrogens with one attached hydrogen (secondary N) is 2. The van der Waals surface area contributed by atoms with Crippen molar-refractivity contribution in [2.75, 3.05) is 5.32 Å². The second-order valence-corrected chi connectivity index (χ2v) is 8.24. The number of hydrogen-bond acceptors (Lipinski definition) is 2. The van der Waals surface area contributed by atoms with Crippen LogP contribution in [0.3, 0.4) is 0 Å². The highest BCUT2D eigenvalue weighted by molar-refractivity contribution is 9.10. The third kappa shape index (κ3) is 6.89. The van der Waals surface area contributed by atoms with Gasteiger partial charge in [0.25, 0.3) is 11.8 Å². The summed E-state index contributed by atoms with van der Waals surface area (Å²) < 4.78 is 14.2. The Balaban J connectivity index is 1.81. The van der Waals surface area contributed by atoms with Gasteiger partial charge in [0.05, 0.1) is 0 Å². The fraction of sp³-hybridized carbons (Fsp3) is 0.154. The minimum Gasteiger partial charge on any atom is -0.321 e. The molecular formula is C26H24BrFN2O2. The first kappa shape index (κ1) is 23.4. The predicted octanol–water partition coefficient (Wildman–Crippen LogP) is 6.34. The van der Waals surface area contributed by atoms with Gasteiger partial charge in [-0.15, -0.1) is 0 Å². The molecule has 164 valence electrons. The van der Waals surface area contributed by atoms with Gasteiger partial charge in [0.15, 0.2) is 0 Å². The van der Waals surface area contributed by atoms with Gasteiger partial charge in [0.2, 0.25) is 0 Å². The van der Waals surface area contributed by atoms with Gasteiger partial charge in [-0.1, -0.05) is 53.5 Å². The van der Waals surface area contributed by atoms with Crippen molar-refractivity contribution in [2.24, 2.45) is 0 Å². The Labute approximate surface area is 195 Å². The largest absolute Gasteiger partial charge is 0.321 e. The van der Waals surface area contributed by atoms with Crippen LogP contribution in [0.25, 0.3) is 6.08 Å². The standard InChI is InChI=1S/C26H24BrFN2O2/c1-2-3-4-18-5-9-20(10-6-18)25(31)30-24(17-19-7-13-22(28)14-8-19)26(32)29-23-15-11-21(27)12-16-23/h5-17H,2-4H2,1H3,(H,29,32)(H,30,31). The number of benzene rings is 3. The number of anilines is 1. The van der Waals surface area contributed by atoms with Crippen LogP contribution in [0.1, 0.15) is 41.3 Å². The number of halogens is 2. The van der Waals surface area contributed by atoms with Crippen molar-refractivity contribution in [3.8, 4) is 0 Å². The summed E-state index contributed by atoms with van der Waals surface area (Å²) in [6.45, 7) is 2.14.